The number of nitrogens with two attached hydrogens (primary N) is 2. The number of para-hydroxylation sites is 1. The molecule has 0 unspecified atom stereocenters. The van der Waals surface area contributed by atoms with Crippen molar-refractivity contribution in [3.8, 4) is 5.69 Å². The molecule has 0 aliphatic heterocycles. The number of nitrogens with zero attached hydrogens (tertiary/aromatic N) is 3. The summed E-state index contributed by atoms with van der Waals surface area (Å²) in [4.78, 5) is 15.9. The summed E-state index contributed by atoms with van der Waals surface area (Å²) in [6.45, 7) is 0. The molecule has 132 valence electrons. The van der Waals surface area contributed by atoms with Gasteiger partial charge in [0.25, 0.3) is 5.91 Å². The molecule has 0 spiro atoms. The third-order valence-corrected chi connectivity index (χ3v) is 5.34. The number of sulfonamides is 1. The number of benzene rings is 1. The van der Waals surface area contributed by atoms with E-state index >= 15 is 0 Å². The number of carbonyl (C=O) groups is 1. The molecule has 1 amide bonds. The van der Waals surface area contributed by atoms with Crippen molar-refractivity contribution in [2.75, 3.05) is 7.05 Å². The Morgan fingerprint density at radius 2 is 2.00 bits per heavy atom. The predicted octanol–water partition coefficient (Wildman–Crippen LogP) is 0.0714. The lowest BCUT2D eigenvalue weighted by Gasteiger charge is -2.13. The second-order valence-electron chi connectivity index (χ2n) is 5.65. The molecule has 1 fully saturated rings. The standard InChI is InChI=1S/C15H18N6O3S/c1-18-25(23,24)12-5-3-2-4-11(12)21-13(9-6-7-9)10(8-19-21)14(22)20-15(16)17/h2-5,8-9,18H,6-7H2,1H3,(H4,16,17,20,22). The number of aliphatic imine (C=N–C) groups is 1. The molecule has 1 saturated carbocycles. The maximum Gasteiger partial charge on any atom is 0.283 e. The Balaban J connectivity index is 2.19. The number of carbonyl (C=O) groups excluding carboxylic acids is 1. The van der Waals surface area contributed by atoms with Gasteiger partial charge in [0.15, 0.2) is 5.96 Å². The summed E-state index contributed by atoms with van der Waals surface area (Å²) in [6, 6.07) is 6.45. The molecule has 1 aromatic carbocycles. The predicted molar refractivity (Wildman–Crippen MR) is 91.9 cm³/mol. The molecular formula is C15H18N6O3S. The summed E-state index contributed by atoms with van der Waals surface area (Å²) in [5, 5.41) is 4.24. The van der Waals surface area contributed by atoms with Crippen LogP contribution in [-0.4, -0.2) is 37.1 Å². The molecule has 2 aromatic rings. The quantitative estimate of drug-likeness (QED) is 0.507. The highest BCUT2D eigenvalue weighted by molar-refractivity contribution is 7.89. The Bertz CT molecular complexity index is 955. The van der Waals surface area contributed by atoms with E-state index < -0.39 is 15.9 Å². The number of guanidine groups is 1. The number of hydrogen-bond donors (Lipinski definition) is 3. The van der Waals surface area contributed by atoms with Gasteiger partial charge in [0.1, 0.15) is 4.90 Å². The van der Waals surface area contributed by atoms with E-state index in [1.807, 2.05) is 0 Å². The normalized spacial score (nSPS) is 14.3. The van der Waals surface area contributed by atoms with Gasteiger partial charge < -0.3 is 11.5 Å². The van der Waals surface area contributed by atoms with Gasteiger partial charge in [0.2, 0.25) is 10.0 Å². The second-order valence-corrected chi connectivity index (χ2v) is 7.50. The molecule has 1 aliphatic carbocycles. The summed E-state index contributed by atoms with van der Waals surface area (Å²) in [5.41, 5.74) is 11.8. The lowest BCUT2D eigenvalue weighted by atomic mass is 10.1. The van der Waals surface area contributed by atoms with Gasteiger partial charge in [-0.05, 0) is 32.0 Å². The minimum absolute atomic E-state index is 0.0725. The zero-order valence-electron chi connectivity index (χ0n) is 13.5. The first-order chi connectivity index (χ1) is 11.8. The Hall–Kier alpha value is -2.72. The van der Waals surface area contributed by atoms with Crippen molar-refractivity contribution in [2.45, 2.75) is 23.7 Å². The molecule has 10 heteroatoms. The maximum atomic E-state index is 12.3. The first kappa shape index (κ1) is 17.1. The molecular weight excluding hydrogens is 344 g/mol. The average molecular weight is 362 g/mol. The van der Waals surface area contributed by atoms with Crippen LogP contribution in [0.15, 0.2) is 40.4 Å². The van der Waals surface area contributed by atoms with Gasteiger partial charge >= 0.3 is 0 Å². The van der Waals surface area contributed by atoms with Gasteiger partial charge in [-0.1, -0.05) is 12.1 Å². The van der Waals surface area contributed by atoms with Crippen LogP contribution in [-0.2, 0) is 10.0 Å². The van der Waals surface area contributed by atoms with Gasteiger partial charge in [0, 0.05) is 5.92 Å². The van der Waals surface area contributed by atoms with Crippen LogP contribution in [0.1, 0.15) is 34.8 Å². The molecule has 3 rings (SSSR count). The fraction of sp³-hybridized carbons (Fsp3) is 0.267. The van der Waals surface area contributed by atoms with E-state index in [0.29, 0.717) is 11.4 Å². The van der Waals surface area contributed by atoms with Crippen LogP contribution in [0, 0.1) is 0 Å². The van der Waals surface area contributed by atoms with Gasteiger partial charge in [0.05, 0.1) is 23.1 Å². The van der Waals surface area contributed by atoms with Crippen LogP contribution >= 0.6 is 0 Å². The van der Waals surface area contributed by atoms with E-state index in [0.717, 1.165) is 12.8 Å². The van der Waals surface area contributed by atoms with E-state index in [4.69, 9.17) is 11.5 Å². The maximum absolute atomic E-state index is 12.3. The minimum atomic E-state index is -3.69. The zero-order chi connectivity index (χ0) is 18.2. The summed E-state index contributed by atoms with van der Waals surface area (Å²) >= 11 is 0. The largest absolute Gasteiger partial charge is 0.370 e. The van der Waals surface area contributed by atoms with Gasteiger partial charge in [-0.2, -0.15) is 10.1 Å². The molecule has 1 aliphatic rings. The molecule has 25 heavy (non-hydrogen) atoms. The topological polar surface area (TPSA) is 145 Å². The highest BCUT2D eigenvalue weighted by Gasteiger charge is 2.34. The van der Waals surface area contributed by atoms with Gasteiger partial charge in [-0.3, -0.25) is 4.79 Å². The Kier molecular flexibility index (Phi) is 4.31. The summed E-state index contributed by atoms with van der Waals surface area (Å²) in [5.74, 6) is -0.819. The van der Waals surface area contributed by atoms with Gasteiger partial charge in [-0.25, -0.2) is 17.8 Å². The molecule has 0 atom stereocenters. The van der Waals surface area contributed by atoms with E-state index in [9.17, 15) is 13.2 Å². The van der Waals surface area contributed by atoms with Crippen molar-refractivity contribution >= 4 is 21.9 Å². The fourth-order valence-corrected chi connectivity index (χ4v) is 3.52. The molecule has 0 bridgehead atoms. The number of hydrogen-bond acceptors (Lipinski definition) is 4. The highest BCUT2D eigenvalue weighted by Crippen LogP contribution is 2.43. The molecule has 0 radical (unpaired) electrons. The minimum Gasteiger partial charge on any atom is -0.370 e. The van der Waals surface area contributed by atoms with Crippen molar-refractivity contribution in [3.05, 3.63) is 41.7 Å². The monoisotopic (exact) mass is 362 g/mol. The van der Waals surface area contributed by atoms with Crippen molar-refractivity contribution in [1.82, 2.24) is 14.5 Å². The molecule has 1 heterocycles. The number of aromatic nitrogens is 2. The fourth-order valence-electron chi connectivity index (χ4n) is 2.61. The Morgan fingerprint density at radius 3 is 2.60 bits per heavy atom. The number of rotatable bonds is 5. The van der Waals surface area contributed by atoms with Crippen LogP contribution < -0.4 is 16.2 Å². The van der Waals surface area contributed by atoms with E-state index in [-0.39, 0.29) is 22.3 Å². The second kappa shape index (κ2) is 6.30. The van der Waals surface area contributed by atoms with Crippen molar-refractivity contribution in [2.24, 2.45) is 16.5 Å². The first-order valence-corrected chi connectivity index (χ1v) is 9.08. The third-order valence-electron chi connectivity index (χ3n) is 3.88. The van der Waals surface area contributed by atoms with E-state index in [1.165, 1.54) is 24.0 Å². The molecule has 5 N–H and O–H groups in total. The molecule has 1 aromatic heterocycles. The number of amides is 1. The number of nitrogens with one attached hydrogen (secondary N) is 1. The van der Waals surface area contributed by atoms with Crippen LogP contribution in [0.3, 0.4) is 0 Å². The zero-order valence-corrected chi connectivity index (χ0v) is 14.3. The smallest absolute Gasteiger partial charge is 0.283 e. The lowest BCUT2D eigenvalue weighted by Crippen LogP contribution is -2.24. The van der Waals surface area contributed by atoms with Crippen molar-refractivity contribution in [3.63, 3.8) is 0 Å². The summed E-state index contributed by atoms with van der Waals surface area (Å²) < 4.78 is 28.4. The third kappa shape index (κ3) is 3.26. The molecule has 0 saturated heterocycles. The average Bonchev–Trinajstić information content (AvgIpc) is 3.32. The highest BCUT2D eigenvalue weighted by atomic mass is 32.2. The van der Waals surface area contributed by atoms with Crippen LogP contribution in [0.25, 0.3) is 5.69 Å². The van der Waals surface area contributed by atoms with E-state index in [2.05, 4.69) is 14.8 Å². The van der Waals surface area contributed by atoms with Crippen LogP contribution in [0.4, 0.5) is 0 Å². The first-order valence-electron chi connectivity index (χ1n) is 7.60. The molecule has 9 nitrogen and oxygen atoms in total. The Morgan fingerprint density at radius 1 is 1.32 bits per heavy atom. The van der Waals surface area contributed by atoms with E-state index in [1.54, 1.807) is 18.2 Å². The SMILES string of the molecule is CNS(=O)(=O)c1ccccc1-n1ncc(C(=O)N=C(N)N)c1C1CC1. The van der Waals surface area contributed by atoms with Crippen molar-refractivity contribution in [1.29, 1.82) is 0 Å². The Labute approximate surface area is 144 Å². The van der Waals surface area contributed by atoms with Crippen LogP contribution in [0.2, 0.25) is 0 Å². The van der Waals surface area contributed by atoms with Crippen molar-refractivity contribution < 1.29 is 13.2 Å². The summed E-state index contributed by atoms with van der Waals surface area (Å²) in [6.07, 6.45) is 3.13. The van der Waals surface area contributed by atoms with Crippen LogP contribution in [0.5, 0.6) is 0 Å². The lowest BCUT2D eigenvalue weighted by molar-refractivity contribution is 0.100. The van der Waals surface area contributed by atoms with Gasteiger partial charge in [-0.15, -0.1) is 0 Å². The summed E-state index contributed by atoms with van der Waals surface area (Å²) in [7, 11) is -2.35.